The Morgan fingerprint density at radius 1 is 1.32 bits per heavy atom. The van der Waals surface area contributed by atoms with Gasteiger partial charge in [0.05, 0.1) is 6.54 Å². The third kappa shape index (κ3) is 5.42. The van der Waals surface area contributed by atoms with Crippen LogP contribution < -0.4 is 16.0 Å². The molecule has 0 unspecified atom stereocenters. The number of anilines is 2. The summed E-state index contributed by atoms with van der Waals surface area (Å²) in [7, 11) is 0. The number of amides is 1. The first-order chi connectivity index (χ1) is 9.04. The van der Waals surface area contributed by atoms with Gasteiger partial charge in [-0.2, -0.15) is 0 Å². The molecule has 0 aliphatic carbocycles. The summed E-state index contributed by atoms with van der Waals surface area (Å²) in [6.07, 6.45) is 2.47. The van der Waals surface area contributed by atoms with Crippen LogP contribution in [0.4, 0.5) is 11.6 Å². The highest BCUT2D eigenvalue weighted by atomic mass is 79.9. The van der Waals surface area contributed by atoms with Crippen molar-refractivity contribution in [2.75, 3.05) is 23.7 Å². The van der Waals surface area contributed by atoms with E-state index in [9.17, 15) is 4.79 Å². The molecule has 106 valence electrons. The van der Waals surface area contributed by atoms with Crippen molar-refractivity contribution in [2.24, 2.45) is 0 Å². The van der Waals surface area contributed by atoms with Gasteiger partial charge < -0.3 is 16.0 Å². The summed E-state index contributed by atoms with van der Waals surface area (Å²) >= 11 is 3.43. The molecule has 3 N–H and O–H groups in total. The molecule has 19 heavy (non-hydrogen) atoms. The first-order valence-corrected chi connectivity index (χ1v) is 7.11. The van der Waals surface area contributed by atoms with Crippen LogP contribution in [0, 0.1) is 0 Å². The molecule has 0 saturated carbocycles. The Kier molecular flexibility index (Phi) is 6.55. The minimum absolute atomic E-state index is 0.0661. The lowest BCUT2D eigenvalue weighted by atomic mass is 10.4. The Balaban J connectivity index is 2.61. The summed E-state index contributed by atoms with van der Waals surface area (Å²) in [5.74, 6) is 1.26. The molecule has 0 aliphatic heterocycles. The minimum Gasteiger partial charge on any atom is -0.369 e. The third-order valence-electron chi connectivity index (χ3n) is 2.20. The van der Waals surface area contributed by atoms with Gasteiger partial charge in [0.2, 0.25) is 5.91 Å². The normalized spacial score (nSPS) is 10.4. The van der Waals surface area contributed by atoms with Crippen LogP contribution in [0.2, 0.25) is 0 Å². The molecule has 1 rings (SSSR count). The zero-order chi connectivity index (χ0) is 14.3. The van der Waals surface area contributed by atoms with Crippen LogP contribution in [0.25, 0.3) is 0 Å². The maximum atomic E-state index is 11.5. The Morgan fingerprint density at radius 3 is 2.53 bits per heavy atom. The highest BCUT2D eigenvalue weighted by Crippen LogP contribution is 2.26. The number of rotatable bonds is 7. The van der Waals surface area contributed by atoms with E-state index in [-0.39, 0.29) is 18.5 Å². The first kappa shape index (κ1) is 15.7. The molecule has 0 spiro atoms. The van der Waals surface area contributed by atoms with Crippen molar-refractivity contribution in [2.45, 2.75) is 33.2 Å². The number of nitrogens with zero attached hydrogens (tertiary/aromatic N) is 2. The average Bonchev–Trinajstić information content (AvgIpc) is 2.35. The Bertz CT molecular complexity index is 425. The lowest BCUT2D eigenvalue weighted by Crippen LogP contribution is -2.35. The molecule has 1 aromatic rings. The molecule has 1 amide bonds. The fourth-order valence-corrected chi connectivity index (χ4v) is 1.88. The molecular formula is C12H20BrN5O. The van der Waals surface area contributed by atoms with Gasteiger partial charge in [0, 0.05) is 12.6 Å². The van der Waals surface area contributed by atoms with E-state index in [1.54, 1.807) is 0 Å². The second-order valence-electron chi connectivity index (χ2n) is 4.39. The summed E-state index contributed by atoms with van der Waals surface area (Å²) < 4.78 is 0.737. The van der Waals surface area contributed by atoms with Gasteiger partial charge in [-0.1, -0.05) is 6.92 Å². The van der Waals surface area contributed by atoms with E-state index >= 15 is 0 Å². The Morgan fingerprint density at radius 2 is 1.95 bits per heavy atom. The predicted octanol–water partition coefficient (Wildman–Crippen LogP) is 2.00. The largest absolute Gasteiger partial charge is 0.369 e. The van der Waals surface area contributed by atoms with Crippen molar-refractivity contribution in [3.8, 4) is 0 Å². The fourth-order valence-electron chi connectivity index (χ4n) is 1.40. The summed E-state index contributed by atoms with van der Waals surface area (Å²) in [5, 5.41) is 8.97. The van der Waals surface area contributed by atoms with Crippen LogP contribution in [0.15, 0.2) is 10.8 Å². The van der Waals surface area contributed by atoms with Crippen molar-refractivity contribution < 1.29 is 4.79 Å². The van der Waals surface area contributed by atoms with Gasteiger partial charge in [0.1, 0.15) is 22.4 Å². The van der Waals surface area contributed by atoms with Crippen molar-refractivity contribution >= 4 is 33.5 Å². The molecule has 1 aromatic heterocycles. The van der Waals surface area contributed by atoms with E-state index < -0.39 is 0 Å². The second-order valence-corrected chi connectivity index (χ2v) is 5.18. The maximum absolute atomic E-state index is 11.5. The van der Waals surface area contributed by atoms with E-state index in [1.807, 2.05) is 13.8 Å². The third-order valence-corrected chi connectivity index (χ3v) is 2.95. The van der Waals surface area contributed by atoms with Crippen LogP contribution in [-0.4, -0.2) is 35.0 Å². The van der Waals surface area contributed by atoms with E-state index in [1.165, 1.54) is 6.33 Å². The highest BCUT2D eigenvalue weighted by molar-refractivity contribution is 9.10. The fraction of sp³-hybridized carbons (Fsp3) is 0.583. The molecule has 0 atom stereocenters. The number of hydrogen-bond donors (Lipinski definition) is 3. The van der Waals surface area contributed by atoms with E-state index in [2.05, 4.69) is 48.8 Å². The van der Waals surface area contributed by atoms with Gasteiger partial charge in [0.15, 0.2) is 0 Å². The molecule has 0 aromatic carbocycles. The van der Waals surface area contributed by atoms with Crippen molar-refractivity contribution in [3.63, 3.8) is 0 Å². The second kappa shape index (κ2) is 7.93. The van der Waals surface area contributed by atoms with E-state index in [4.69, 9.17) is 0 Å². The summed E-state index contributed by atoms with van der Waals surface area (Å²) in [6.45, 7) is 6.94. The molecule has 1 heterocycles. The summed E-state index contributed by atoms with van der Waals surface area (Å²) in [4.78, 5) is 19.8. The molecule has 0 radical (unpaired) electrons. The lowest BCUT2D eigenvalue weighted by Gasteiger charge is -2.12. The molecule has 6 nitrogen and oxygen atoms in total. The van der Waals surface area contributed by atoms with Gasteiger partial charge in [-0.15, -0.1) is 0 Å². The molecular weight excluding hydrogens is 310 g/mol. The van der Waals surface area contributed by atoms with Crippen molar-refractivity contribution in [1.82, 2.24) is 15.3 Å². The van der Waals surface area contributed by atoms with Crippen LogP contribution in [0.1, 0.15) is 27.2 Å². The Labute approximate surface area is 121 Å². The highest BCUT2D eigenvalue weighted by Gasteiger charge is 2.09. The molecule has 0 fully saturated rings. The van der Waals surface area contributed by atoms with Crippen LogP contribution in [-0.2, 0) is 4.79 Å². The van der Waals surface area contributed by atoms with Crippen molar-refractivity contribution in [1.29, 1.82) is 0 Å². The summed E-state index contributed by atoms with van der Waals surface area (Å²) in [6, 6.07) is 0.130. The number of aromatic nitrogens is 2. The SMILES string of the molecule is CCCNc1ncnc(NCC(=O)NC(C)C)c1Br. The number of nitrogens with one attached hydrogen (secondary N) is 3. The van der Waals surface area contributed by atoms with Crippen LogP contribution >= 0.6 is 15.9 Å². The predicted molar refractivity (Wildman–Crippen MR) is 80.3 cm³/mol. The average molecular weight is 330 g/mol. The maximum Gasteiger partial charge on any atom is 0.239 e. The monoisotopic (exact) mass is 329 g/mol. The quantitative estimate of drug-likeness (QED) is 0.713. The molecule has 0 aliphatic rings. The zero-order valence-corrected chi connectivity index (χ0v) is 13.0. The van der Waals surface area contributed by atoms with Crippen LogP contribution in [0.3, 0.4) is 0 Å². The van der Waals surface area contributed by atoms with Gasteiger partial charge in [0.25, 0.3) is 0 Å². The van der Waals surface area contributed by atoms with Gasteiger partial charge in [-0.05, 0) is 36.2 Å². The van der Waals surface area contributed by atoms with Crippen molar-refractivity contribution in [3.05, 3.63) is 10.8 Å². The minimum atomic E-state index is -0.0661. The zero-order valence-electron chi connectivity index (χ0n) is 11.5. The standard InChI is InChI=1S/C12H20BrN5O/c1-4-5-14-11-10(13)12(17-7-16-11)15-6-9(19)18-8(2)3/h7-8H,4-6H2,1-3H3,(H,18,19)(H2,14,15,16,17). The lowest BCUT2D eigenvalue weighted by molar-refractivity contribution is -0.119. The van der Waals surface area contributed by atoms with E-state index in [0.717, 1.165) is 23.3 Å². The van der Waals surface area contributed by atoms with Crippen LogP contribution in [0.5, 0.6) is 0 Å². The molecule has 0 bridgehead atoms. The molecule has 0 saturated heterocycles. The number of halogens is 1. The first-order valence-electron chi connectivity index (χ1n) is 6.32. The number of hydrogen-bond acceptors (Lipinski definition) is 5. The Hall–Kier alpha value is -1.37. The van der Waals surface area contributed by atoms with E-state index in [0.29, 0.717) is 5.82 Å². The van der Waals surface area contributed by atoms with Gasteiger partial charge in [-0.25, -0.2) is 9.97 Å². The molecule has 7 heteroatoms. The number of carbonyl (C=O) groups excluding carboxylic acids is 1. The smallest absolute Gasteiger partial charge is 0.239 e. The van der Waals surface area contributed by atoms with Gasteiger partial charge >= 0.3 is 0 Å². The topological polar surface area (TPSA) is 78.9 Å². The summed E-state index contributed by atoms with van der Waals surface area (Å²) in [5.41, 5.74) is 0. The number of carbonyl (C=O) groups is 1. The van der Waals surface area contributed by atoms with Gasteiger partial charge in [-0.3, -0.25) is 4.79 Å².